The predicted molar refractivity (Wildman–Crippen MR) is 83.9 cm³/mol. The summed E-state index contributed by atoms with van der Waals surface area (Å²) in [4.78, 5) is 6.47. The monoisotopic (exact) mass is 321 g/mol. The smallest absolute Gasteiger partial charge is 0.161 e. The summed E-state index contributed by atoms with van der Waals surface area (Å²) in [6.45, 7) is 4.29. The number of rotatable bonds is 3. The summed E-state index contributed by atoms with van der Waals surface area (Å²) in [5, 5.41) is 19.6. The normalized spacial score (nSPS) is 26.5. The fourth-order valence-electron chi connectivity index (χ4n) is 3.66. The molecule has 1 aromatic rings. The van der Waals surface area contributed by atoms with E-state index in [-0.39, 0.29) is 23.3 Å². The van der Waals surface area contributed by atoms with Gasteiger partial charge in [-0.1, -0.05) is 11.6 Å². The Bertz CT molecular complexity index is 592. The van der Waals surface area contributed by atoms with Gasteiger partial charge in [-0.15, -0.1) is 0 Å². The Hall–Kier alpha value is -1.35. The predicted octanol–water partition coefficient (Wildman–Crippen LogP) is 2.36. The molecule has 3 rings (SSSR count). The Morgan fingerprint density at radius 2 is 2.23 bits per heavy atom. The van der Waals surface area contributed by atoms with Crippen LogP contribution in [0.5, 0.6) is 0 Å². The van der Waals surface area contributed by atoms with Gasteiger partial charge >= 0.3 is 0 Å². The molecule has 1 saturated carbocycles. The number of aliphatic hydroxyl groups excluding tert-OH is 1. The summed E-state index contributed by atoms with van der Waals surface area (Å²) in [6.07, 6.45) is 2.41. The van der Waals surface area contributed by atoms with Crippen LogP contribution < -0.4 is 4.90 Å². The van der Waals surface area contributed by atoms with E-state index in [0.29, 0.717) is 11.6 Å². The van der Waals surface area contributed by atoms with E-state index < -0.39 is 0 Å². The van der Waals surface area contributed by atoms with E-state index in [1.165, 1.54) is 0 Å². The van der Waals surface area contributed by atoms with Crippen LogP contribution in [0.4, 0.5) is 5.82 Å². The SMILES string of the molecule is CCO[C@H]1C[C@H](O)C12CCN(c1ccc(Cl)c(C#N)n1)CC2. The topological polar surface area (TPSA) is 69.4 Å². The second kappa shape index (κ2) is 6.04. The van der Waals surface area contributed by atoms with Gasteiger partial charge in [0.1, 0.15) is 11.9 Å². The molecule has 118 valence electrons. The Morgan fingerprint density at radius 1 is 1.50 bits per heavy atom. The summed E-state index contributed by atoms with van der Waals surface area (Å²) in [7, 11) is 0. The van der Waals surface area contributed by atoms with Gasteiger partial charge in [0.2, 0.25) is 0 Å². The van der Waals surface area contributed by atoms with Crippen LogP contribution in [0.2, 0.25) is 5.02 Å². The Kier molecular flexibility index (Phi) is 4.26. The highest BCUT2D eigenvalue weighted by molar-refractivity contribution is 6.31. The first-order valence-corrected chi connectivity index (χ1v) is 8.10. The highest BCUT2D eigenvalue weighted by Gasteiger charge is 2.56. The average Bonchev–Trinajstić information content (AvgIpc) is 2.55. The zero-order valence-electron chi connectivity index (χ0n) is 12.6. The van der Waals surface area contributed by atoms with E-state index in [1.807, 2.05) is 19.1 Å². The number of pyridine rings is 1. The molecular weight excluding hydrogens is 302 g/mol. The maximum Gasteiger partial charge on any atom is 0.161 e. The molecule has 1 aliphatic carbocycles. The molecule has 1 aliphatic heterocycles. The highest BCUT2D eigenvalue weighted by Crippen LogP contribution is 2.51. The van der Waals surface area contributed by atoms with Crippen molar-refractivity contribution in [1.82, 2.24) is 4.98 Å². The number of aliphatic hydroxyl groups is 1. The first-order chi connectivity index (χ1) is 10.6. The van der Waals surface area contributed by atoms with Gasteiger partial charge in [0.25, 0.3) is 0 Å². The van der Waals surface area contributed by atoms with Crippen LogP contribution in [-0.2, 0) is 4.74 Å². The third-order valence-corrected chi connectivity index (χ3v) is 5.37. The average molecular weight is 322 g/mol. The molecule has 6 heteroatoms. The zero-order chi connectivity index (χ0) is 15.7. The molecule has 0 unspecified atom stereocenters. The number of aromatic nitrogens is 1. The van der Waals surface area contributed by atoms with Crippen LogP contribution in [0.1, 0.15) is 31.9 Å². The molecule has 5 nitrogen and oxygen atoms in total. The fraction of sp³-hybridized carbons (Fsp3) is 0.625. The minimum absolute atomic E-state index is 0.100. The van der Waals surface area contributed by atoms with E-state index >= 15 is 0 Å². The summed E-state index contributed by atoms with van der Waals surface area (Å²) in [6, 6.07) is 5.58. The Balaban J connectivity index is 1.71. The number of ether oxygens (including phenoxy) is 1. The lowest BCUT2D eigenvalue weighted by Crippen LogP contribution is -2.62. The molecule has 22 heavy (non-hydrogen) atoms. The lowest BCUT2D eigenvalue weighted by atomic mass is 9.58. The Labute approximate surface area is 135 Å². The quantitative estimate of drug-likeness (QED) is 0.925. The molecule has 2 fully saturated rings. The Morgan fingerprint density at radius 3 is 2.82 bits per heavy atom. The molecule has 2 aliphatic rings. The summed E-state index contributed by atoms with van der Waals surface area (Å²) >= 11 is 5.93. The number of anilines is 1. The van der Waals surface area contributed by atoms with Crippen LogP contribution in [0.3, 0.4) is 0 Å². The van der Waals surface area contributed by atoms with E-state index in [1.54, 1.807) is 6.07 Å². The maximum absolute atomic E-state index is 10.2. The molecule has 0 bridgehead atoms. The number of nitriles is 1. The van der Waals surface area contributed by atoms with Gasteiger partial charge in [-0.3, -0.25) is 0 Å². The van der Waals surface area contributed by atoms with Crippen molar-refractivity contribution in [2.75, 3.05) is 24.6 Å². The first kappa shape index (κ1) is 15.5. The van der Waals surface area contributed by atoms with Gasteiger partial charge in [0.05, 0.1) is 17.2 Å². The van der Waals surface area contributed by atoms with Crippen molar-refractivity contribution in [1.29, 1.82) is 5.26 Å². The second-order valence-electron chi connectivity index (χ2n) is 6.03. The molecule has 1 spiro atoms. The van der Waals surface area contributed by atoms with Crippen LogP contribution >= 0.6 is 11.6 Å². The van der Waals surface area contributed by atoms with Crippen LogP contribution in [0.15, 0.2) is 12.1 Å². The minimum Gasteiger partial charge on any atom is -0.392 e. The minimum atomic E-state index is -0.265. The van der Waals surface area contributed by atoms with Crippen molar-refractivity contribution in [3.63, 3.8) is 0 Å². The summed E-state index contributed by atoms with van der Waals surface area (Å²) in [5.41, 5.74) is 0.159. The van der Waals surface area contributed by atoms with Crippen molar-refractivity contribution < 1.29 is 9.84 Å². The molecule has 1 aromatic heterocycles. The highest BCUT2D eigenvalue weighted by atomic mass is 35.5. The molecule has 0 amide bonds. The van der Waals surface area contributed by atoms with E-state index in [9.17, 15) is 5.11 Å². The second-order valence-corrected chi connectivity index (χ2v) is 6.43. The summed E-state index contributed by atoms with van der Waals surface area (Å²) in [5.74, 6) is 0.776. The molecule has 0 radical (unpaired) electrons. The third-order valence-electron chi connectivity index (χ3n) is 5.07. The number of halogens is 1. The van der Waals surface area contributed by atoms with Crippen LogP contribution in [0.25, 0.3) is 0 Å². The number of piperidine rings is 1. The third kappa shape index (κ3) is 2.45. The van der Waals surface area contributed by atoms with E-state index in [2.05, 4.69) is 9.88 Å². The van der Waals surface area contributed by atoms with Gasteiger partial charge in [0.15, 0.2) is 5.69 Å². The molecule has 2 atom stereocenters. The van der Waals surface area contributed by atoms with Crippen molar-refractivity contribution in [3.05, 3.63) is 22.8 Å². The van der Waals surface area contributed by atoms with E-state index in [4.69, 9.17) is 21.6 Å². The van der Waals surface area contributed by atoms with Crippen LogP contribution in [0, 0.1) is 16.7 Å². The molecule has 2 heterocycles. The van der Waals surface area contributed by atoms with Crippen molar-refractivity contribution in [3.8, 4) is 6.07 Å². The summed E-state index contributed by atoms with van der Waals surface area (Å²) < 4.78 is 5.78. The van der Waals surface area contributed by atoms with E-state index in [0.717, 1.165) is 38.2 Å². The number of hydrogen-bond donors (Lipinski definition) is 1. The molecular formula is C16H20ClN3O2. The van der Waals surface area contributed by atoms with Crippen molar-refractivity contribution in [2.45, 2.75) is 38.4 Å². The number of hydrogen-bond acceptors (Lipinski definition) is 5. The fourth-order valence-corrected chi connectivity index (χ4v) is 3.80. The number of nitrogens with zero attached hydrogens (tertiary/aromatic N) is 3. The standard InChI is InChI=1S/C16H20ClN3O2/c1-2-22-14-9-13(21)16(14)5-7-20(8-6-16)15-4-3-11(17)12(10-18)19-15/h3-4,13-14,21H,2,5-9H2,1H3/t13-,14-/m0/s1. The van der Waals surface area contributed by atoms with Gasteiger partial charge in [-0.05, 0) is 31.9 Å². The van der Waals surface area contributed by atoms with Crippen LogP contribution in [-0.4, -0.2) is 42.0 Å². The van der Waals surface area contributed by atoms with Crippen molar-refractivity contribution in [2.24, 2.45) is 5.41 Å². The molecule has 1 saturated heterocycles. The first-order valence-electron chi connectivity index (χ1n) is 7.72. The molecule has 1 N–H and O–H groups in total. The largest absolute Gasteiger partial charge is 0.392 e. The van der Waals surface area contributed by atoms with Gasteiger partial charge in [-0.2, -0.15) is 5.26 Å². The lowest BCUT2D eigenvalue weighted by Gasteiger charge is -2.56. The van der Waals surface area contributed by atoms with Crippen molar-refractivity contribution >= 4 is 17.4 Å². The zero-order valence-corrected chi connectivity index (χ0v) is 13.4. The molecule has 0 aromatic carbocycles. The van der Waals surface area contributed by atoms with Gasteiger partial charge in [-0.25, -0.2) is 4.98 Å². The van der Waals surface area contributed by atoms with Gasteiger partial charge in [0, 0.05) is 31.5 Å². The maximum atomic E-state index is 10.2. The lowest BCUT2D eigenvalue weighted by molar-refractivity contribution is -0.199. The van der Waals surface area contributed by atoms with Gasteiger partial charge < -0.3 is 14.7 Å².